The monoisotopic (exact) mass is 281 g/mol. The van der Waals surface area contributed by atoms with Crippen LogP contribution in [0.5, 0.6) is 0 Å². The summed E-state index contributed by atoms with van der Waals surface area (Å²) in [5.41, 5.74) is 6.60. The Morgan fingerprint density at radius 1 is 1.61 bits per heavy atom. The highest BCUT2D eigenvalue weighted by Crippen LogP contribution is 2.33. The summed E-state index contributed by atoms with van der Waals surface area (Å²) in [5.74, 6) is 0.914. The van der Waals surface area contributed by atoms with Crippen molar-refractivity contribution < 1.29 is 4.79 Å². The van der Waals surface area contributed by atoms with Crippen LogP contribution < -0.4 is 5.73 Å². The molecule has 2 aromatic heterocycles. The molecule has 0 aliphatic carbocycles. The van der Waals surface area contributed by atoms with Crippen molar-refractivity contribution in [3.8, 4) is 0 Å². The Morgan fingerprint density at radius 2 is 2.39 bits per heavy atom. The number of rotatable bonds is 4. The van der Waals surface area contributed by atoms with Gasteiger partial charge in [0.05, 0.1) is 10.4 Å². The first kappa shape index (κ1) is 13.2. The first-order valence-electron chi connectivity index (χ1n) is 5.51. The van der Waals surface area contributed by atoms with Crippen molar-refractivity contribution in [3.63, 3.8) is 0 Å². The van der Waals surface area contributed by atoms with Gasteiger partial charge in [-0.15, -0.1) is 11.3 Å². The van der Waals surface area contributed by atoms with Crippen LogP contribution in [0.15, 0.2) is 18.5 Å². The molecule has 0 fully saturated rings. The maximum Gasteiger partial charge on any atom is 0.265 e. The van der Waals surface area contributed by atoms with E-state index in [0.29, 0.717) is 10.6 Å². The second-order valence-corrected chi connectivity index (χ2v) is 5.97. The summed E-state index contributed by atoms with van der Waals surface area (Å²) in [6.07, 6.45) is 5.46. The number of anilines is 1. The van der Waals surface area contributed by atoms with Crippen molar-refractivity contribution in [3.05, 3.63) is 23.3 Å². The van der Waals surface area contributed by atoms with Gasteiger partial charge in [-0.25, -0.2) is 0 Å². The Morgan fingerprint density at radius 3 is 3.06 bits per heavy atom. The third kappa shape index (κ3) is 2.44. The fourth-order valence-electron chi connectivity index (χ4n) is 1.63. The van der Waals surface area contributed by atoms with E-state index in [2.05, 4.69) is 4.98 Å². The molecule has 18 heavy (non-hydrogen) atoms. The molecule has 1 amide bonds. The number of thioether (sulfide) groups is 1. The molecule has 4 nitrogen and oxygen atoms in total. The molecule has 6 heteroatoms. The number of nitrogens with zero attached hydrogens (tertiary/aromatic N) is 2. The van der Waals surface area contributed by atoms with Crippen molar-refractivity contribution in [2.24, 2.45) is 0 Å². The number of amides is 1. The summed E-state index contributed by atoms with van der Waals surface area (Å²) in [6, 6.07) is 1.85. The molecule has 96 valence electrons. The Balaban J connectivity index is 2.30. The van der Waals surface area contributed by atoms with Gasteiger partial charge < -0.3 is 10.6 Å². The van der Waals surface area contributed by atoms with Crippen molar-refractivity contribution in [1.82, 2.24) is 9.88 Å². The summed E-state index contributed by atoms with van der Waals surface area (Å²) in [5, 5.41) is 0.914. The Bertz CT molecular complexity index is 567. The number of nitrogen functional groups attached to an aromatic ring is 1. The summed E-state index contributed by atoms with van der Waals surface area (Å²) >= 11 is 3.13. The normalized spacial score (nSPS) is 10.8. The predicted octanol–water partition coefficient (Wildman–Crippen LogP) is 2.31. The van der Waals surface area contributed by atoms with Gasteiger partial charge in [-0.3, -0.25) is 9.78 Å². The fraction of sp³-hybridized carbons (Fsp3) is 0.333. The summed E-state index contributed by atoms with van der Waals surface area (Å²) in [6.45, 7) is 0.728. The minimum Gasteiger partial charge on any atom is -0.397 e. The van der Waals surface area contributed by atoms with Crippen LogP contribution in [0, 0.1) is 0 Å². The Kier molecular flexibility index (Phi) is 4.08. The summed E-state index contributed by atoms with van der Waals surface area (Å²) in [4.78, 5) is 18.6. The molecule has 0 bridgehead atoms. The van der Waals surface area contributed by atoms with Crippen LogP contribution >= 0.6 is 23.1 Å². The van der Waals surface area contributed by atoms with E-state index in [1.54, 1.807) is 36.1 Å². The summed E-state index contributed by atoms with van der Waals surface area (Å²) in [7, 11) is 1.81. The van der Waals surface area contributed by atoms with Gasteiger partial charge in [0.1, 0.15) is 4.88 Å². The maximum absolute atomic E-state index is 12.3. The molecule has 0 radical (unpaired) electrons. The van der Waals surface area contributed by atoms with Crippen LogP contribution in [0.2, 0.25) is 0 Å². The van der Waals surface area contributed by atoms with Crippen LogP contribution in [0.1, 0.15) is 9.67 Å². The molecule has 2 rings (SSSR count). The first-order valence-corrected chi connectivity index (χ1v) is 7.72. The SMILES string of the molecule is CSCCN(C)C(=O)c1sc2cnccc2c1N. The average Bonchev–Trinajstić information content (AvgIpc) is 2.73. The molecule has 0 saturated carbocycles. The highest BCUT2D eigenvalue weighted by atomic mass is 32.2. The number of hydrogen-bond donors (Lipinski definition) is 1. The van der Waals surface area contributed by atoms with Crippen LogP contribution in [0.4, 0.5) is 5.69 Å². The number of fused-ring (bicyclic) bond motifs is 1. The lowest BCUT2D eigenvalue weighted by molar-refractivity contribution is 0.0809. The van der Waals surface area contributed by atoms with Crippen LogP contribution in [0.3, 0.4) is 0 Å². The van der Waals surface area contributed by atoms with E-state index in [1.807, 2.05) is 12.3 Å². The van der Waals surface area contributed by atoms with E-state index in [4.69, 9.17) is 5.73 Å². The molecule has 2 N–H and O–H groups in total. The molecular weight excluding hydrogens is 266 g/mol. The molecule has 0 aliphatic rings. The minimum absolute atomic E-state index is 0.0113. The Labute approximate surface area is 114 Å². The van der Waals surface area contributed by atoms with E-state index >= 15 is 0 Å². The zero-order valence-corrected chi connectivity index (χ0v) is 12.0. The van der Waals surface area contributed by atoms with E-state index in [-0.39, 0.29) is 5.91 Å². The number of hydrogen-bond acceptors (Lipinski definition) is 5. The van der Waals surface area contributed by atoms with Gasteiger partial charge in [0.2, 0.25) is 0 Å². The van der Waals surface area contributed by atoms with E-state index in [9.17, 15) is 4.79 Å². The van der Waals surface area contributed by atoms with E-state index < -0.39 is 0 Å². The fourth-order valence-corrected chi connectivity index (χ4v) is 3.17. The summed E-state index contributed by atoms with van der Waals surface area (Å²) < 4.78 is 0.955. The van der Waals surface area contributed by atoms with Gasteiger partial charge >= 0.3 is 0 Å². The minimum atomic E-state index is -0.0113. The number of carbonyl (C=O) groups excluding carboxylic acids is 1. The average molecular weight is 281 g/mol. The zero-order valence-electron chi connectivity index (χ0n) is 10.3. The van der Waals surface area contributed by atoms with Gasteiger partial charge in [-0.2, -0.15) is 11.8 Å². The second kappa shape index (κ2) is 5.58. The second-order valence-electron chi connectivity index (χ2n) is 3.94. The molecule has 0 aromatic carbocycles. The third-order valence-electron chi connectivity index (χ3n) is 2.70. The van der Waals surface area contributed by atoms with Crippen molar-refractivity contribution in [1.29, 1.82) is 0 Å². The van der Waals surface area contributed by atoms with Gasteiger partial charge in [-0.05, 0) is 12.3 Å². The lowest BCUT2D eigenvalue weighted by Crippen LogP contribution is -2.28. The smallest absolute Gasteiger partial charge is 0.265 e. The van der Waals surface area contributed by atoms with E-state index in [0.717, 1.165) is 22.4 Å². The highest BCUT2D eigenvalue weighted by Gasteiger charge is 2.19. The largest absolute Gasteiger partial charge is 0.397 e. The number of nitrogens with two attached hydrogens (primary N) is 1. The van der Waals surface area contributed by atoms with Crippen molar-refractivity contribution in [2.45, 2.75) is 0 Å². The van der Waals surface area contributed by atoms with Crippen LogP contribution in [-0.4, -0.2) is 41.4 Å². The molecule has 2 heterocycles. The third-order valence-corrected chi connectivity index (χ3v) is 4.44. The molecule has 0 atom stereocenters. The lowest BCUT2D eigenvalue weighted by Gasteiger charge is -2.15. The van der Waals surface area contributed by atoms with Crippen molar-refractivity contribution >= 4 is 44.8 Å². The lowest BCUT2D eigenvalue weighted by atomic mass is 10.2. The maximum atomic E-state index is 12.3. The van der Waals surface area contributed by atoms with Gasteiger partial charge in [0.25, 0.3) is 5.91 Å². The van der Waals surface area contributed by atoms with Gasteiger partial charge in [0, 0.05) is 37.1 Å². The van der Waals surface area contributed by atoms with E-state index in [1.165, 1.54) is 11.3 Å². The Hall–Kier alpha value is -1.27. The van der Waals surface area contributed by atoms with Crippen LogP contribution in [-0.2, 0) is 0 Å². The predicted molar refractivity (Wildman–Crippen MR) is 79.4 cm³/mol. The number of thiophene rings is 1. The number of pyridine rings is 1. The zero-order chi connectivity index (χ0) is 13.1. The topological polar surface area (TPSA) is 59.2 Å². The first-order chi connectivity index (χ1) is 8.65. The molecule has 0 aliphatic heterocycles. The quantitative estimate of drug-likeness (QED) is 0.934. The molecular formula is C12H15N3OS2. The highest BCUT2D eigenvalue weighted by molar-refractivity contribution is 7.98. The van der Waals surface area contributed by atoms with Gasteiger partial charge in [0.15, 0.2) is 0 Å². The standard InChI is InChI=1S/C12H15N3OS2/c1-15(5-6-17-2)12(16)11-10(13)8-3-4-14-7-9(8)18-11/h3-4,7H,5-6,13H2,1-2H3. The number of aromatic nitrogens is 1. The van der Waals surface area contributed by atoms with Gasteiger partial charge in [-0.1, -0.05) is 0 Å². The molecule has 0 unspecified atom stereocenters. The molecule has 0 saturated heterocycles. The van der Waals surface area contributed by atoms with Crippen LogP contribution in [0.25, 0.3) is 10.1 Å². The molecule has 2 aromatic rings. The molecule has 0 spiro atoms. The number of carbonyl (C=O) groups is 1. The van der Waals surface area contributed by atoms with Crippen molar-refractivity contribution in [2.75, 3.05) is 31.3 Å².